The van der Waals surface area contributed by atoms with Crippen molar-refractivity contribution < 1.29 is 19.1 Å². The fraction of sp³-hybridized carbons (Fsp3) is 0.222. The summed E-state index contributed by atoms with van der Waals surface area (Å²) in [4.78, 5) is 23.9. The number of anilines is 1. The molecule has 0 saturated carbocycles. The largest absolute Gasteiger partial charge is 0.486 e. The van der Waals surface area contributed by atoms with Crippen molar-refractivity contribution in [3.63, 3.8) is 0 Å². The van der Waals surface area contributed by atoms with Gasteiger partial charge < -0.3 is 20.1 Å². The van der Waals surface area contributed by atoms with E-state index in [2.05, 4.69) is 10.6 Å². The van der Waals surface area contributed by atoms with Crippen LogP contribution in [0.5, 0.6) is 11.5 Å². The third-order valence-electron chi connectivity index (χ3n) is 3.55. The first kappa shape index (κ1) is 17.1. The molecule has 3 rings (SSSR count). The van der Waals surface area contributed by atoms with Gasteiger partial charge in [-0.05, 0) is 29.8 Å². The Morgan fingerprint density at radius 2 is 1.68 bits per heavy atom. The minimum absolute atomic E-state index is 0.110. The fourth-order valence-electron chi connectivity index (χ4n) is 2.36. The van der Waals surface area contributed by atoms with E-state index in [9.17, 15) is 9.59 Å². The van der Waals surface area contributed by atoms with Gasteiger partial charge in [-0.1, -0.05) is 23.7 Å². The molecule has 2 aromatic rings. The number of carbonyl (C=O) groups is 2. The van der Waals surface area contributed by atoms with Gasteiger partial charge in [-0.3, -0.25) is 9.59 Å². The van der Waals surface area contributed by atoms with E-state index >= 15 is 0 Å². The predicted molar refractivity (Wildman–Crippen MR) is 94.2 cm³/mol. The van der Waals surface area contributed by atoms with E-state index in [1.165, 1.54) is 0 Å². The molecule has 0 fully saturated rings. The number of rotatable bonds is 5. The maximum absolute atomic E-state index is 12.0. The van der Waals surface area contributed by atoms with Crippen LogP contribution >= 0.6 is 11.6 Å². The van der Waals surface area contributed by atoms with Crippen LogP contribution in [-0.4, -0.2) is 31.6 Å². The number of nitrogens with one attached hydrogen (secondary N) is 2. The zero-order valence-electron chi connectivity index (χ0n) is 13.4. The average Bonchev–Trinajstić information content (AvgIpc) is 2.62. The van der Waals surface area contributed by atoms with Gasteiger partial charge in [-0.25, -0.2) is 0 Å². The number of hydrogen-bond acceptors (Lipinski definition) is 4. The average molecular weight is 361 g/mol. The van der Waals surface area contributed by atoms with Gasteiger partial charge in [-0.2, -0.15) is 0 Å². The molecule has 2 amide bonds. The SMILES string of the molecule is O=C(Cc1ccc(Cl)cc1)NCC(=O)Nc1ccc2c(c1)OCCO2. The molecule has 6 nitrogen and oxygen atoms in total. The molecule has 0 radical (unpaired) electrons. The minimum atomic E-state index is -0.318. The molecule has 0 aliphatic carbocycles. The second kappa shape index (κ2) is 7.90. The van der Waals surface area contributed by atoms with Crippen LogP contribution in [-0.2, 0) is 16.0 Å². The van der Waals surface area contributed by atoms with Crippen LogP contribution in [0, 0.1) is 0 Å². The molecule has 0 aromatic heterocycles. The van der Waals surface area contributed by atoms with E-state index in [1.807, 2.05) is 0 Å². The number of ether oxygens (including phenoxy) is 2. The Morgan fingerprint density at radius 3 is 2.44 bits per heavy atom. The topological polar surface area (TPSA) is 76.7 Å². The molecule has 25 heavy (non-hydrogen) atoms. The molecular formula is C18H17ClN2O4. The number of carbonyl (C=O) groups excluding carboxylic acids is 2. The van der Waals surface area contributed by atoms with Crippen molar-refractivity contribution in [1.29, 1.82) is 0 Å². The van der Waals surface area contributed by atoms with Gasteiger partial charge in [0.15, 0.2) is 11.5 Å². The molecule has 130 valence electrons. The molecule has 1 aliphatic rings. The second-order valence-corrected chi connectivity index (χ2v) is 5.92. The highest BCUT2D eigenvalue weighted by atomic mass is 35.5. The maximum Gasteiger partial charge on any atom is 0.243 e. The molecule has 1 aliphatic heterocycles. The van der Waals surface area contributed by atoms with Crippen molar-refractivity contribution in [1.82, 2.24) is 5.32 Å². The standard InChI is InChI=1S/C18H17ClN2O4/c19-13-3-1-12(2-4-13)9-17(22)20-11-18(23)21-14-5-6-15-16(10-14)25-8-7-24-15/h1-6,10H,7-9,11H2,(H,20,22)(H,21,23). The van der Waals surface area contributed by atoms with Crippen molar-refractivity contribution in [2.75, 3.05) is 25.1 Å². The number of halogens is 1. The lowest BCUT2D eigenvalue weighted by Gasteiger charge is -2.19. The van der Waals surface area contributed by atoms with Crippen LogP contribution in [0.1, 0.15) is 5.56 Å². The first-order chi connectivity index (χ1) is 12.1. The van der Waals surface area contributed by atoms with E-state index in [-0.39, 0.29) is 24.8 Å². The predicted octanol–water partition coefficient (Wildman–Crippen LogP) is 2.41. The van der Waals surface area contributed by atoms with E-state index in [0.717, 1.165) is 5.56 Å². The summed E-state index contributed by atoms with van der Waals surface area (Å²) in [6, 6.07) is 12.2. The first-order valence-electron chi connectivity index (χ1n) is 7.81. The maximum atomic E-state index is 12.0. The lowest BCUT2D eigenvalue weighted by molar-refractivity contribution is -0.123. The number of amides is 2. The number of benzene rings is 2. The Labute approximate surface area is 150 Å². The van der Waals surface area contributed by atoms with Gasteiger partial charge in [-0.15, -0.1) is 0 Å². The molecule has 0 saturated heterocycles. The van der Waals surface area contributed by atoms with Gasteiger partial charge in [0.25, 0.3) is 0 Å². The molecule has 1 heterocycles. The summed E-state index contributed by atoms with van der Waals surface area (Å²) in [5.74, 6) is 0.692. The van der Waals surface area contributed by atoms with Gasteiger partial charge in [0.2, 0.25) is 11.8 Å². The molecule has 0 spiro atoms. The zero-order valence-corrected chi connectivity index (χ0v) is 14.1. The normalized spacial score (nSPS) is 12.4. The van der Waals surface area contributed by atoms with E-state index in [0.29, 0.717) is 35.4 Å². The van der Waals surface area contributed by atoms with E-state index in [1.54, 1.807) is 42.5 Å². The number of hydrogen-bond donors (Lipinski definition) is 2. The fourth-order valence-corrected chi connectivity index (χ4v) is 2.48. The lowest BCUT2D eigenvalue weighted by Crippen LogP contribution is -2.33. The van der Waals surface area contributed by atoms with Gasteiger partial charge in [0.1, 0.15) is 13.2 Å². The lowest BCUT2D eigenvalue weighted by atomic mass is 10.1. The molecule has 2 N–H and O–H groups in total. The third kappa shape index (κ3) is 4.87. The van der Waals surface area contributed by atoms with Crippen molar-refractivity contribution in [3.8, 4) is 11.5 Å². The quantitative estimate of drug-likeness (QED) is 0.858. The van der Waals surface area contributed by atoms with Crippen molar-refractivity contribution in [2.24, 2.45) is 0 Å². The first-order valence-corrected chi connectivity index (χ1v) is 8.18. The van der Waals surface area contributed by atoms with Crippen molar-refractivity contribution in [2.45, 2.75) is 6.42 Å². The van der Waals surface area contributed by atoms with Crippen molar-refractivity contribution in [3.05, 3.63) is 53.1 Å². The summed E-state index contributed by atoms with van der Waals surface area (Å²) in [6.45, 7) is 0.879. The van der Waals surface area contributed by atoms with Crippen LogP contribution in [0.2, 0.25) is 5.02 Å². The van der Waals surface area contributed by atoms with E-state index in [4.69, 9.17) is 21.1 Å². The Bertz CT molecular complexity index is 777. The smallest absolute Gasteiger partial charge is 0.243 e. The van der Waals surface area contributed by atoms with Crippen molar-refractivity contribution >= 4 is 29.1 Å². The summed E-state index contributed by atoms with van der Waals surface area (Å²) in [5.41, 5.74) is 1.41. The second-order valence-electron chi connectivity index (χ2n) is 5.49. The summed E-state index contributed by atoms with van der Waals surface area (Å²) in [7, 11) is 0. The van der Waals surface area contributed by atoms with Gasteiger partial charge in [0.05, 0.1) is 13.0 Å². The van der Waals surface area contributed by atoms with Crippen LogP contribution in [0.4, 0.5) is 5.69 Å². The summed E-state index contributed by atoms with van der Waals surface area (Å²) in [6.07, 6.45) is 0.189. The van der Waals surface area contributed by atoms with E-state index < -0.39 is 0 Å². The molecule has 0 unspecified atom stereocenters. The van der Waals surface area contributed by atoms with Crippen LogP contribution in [0.3, 0.4) is 0 Å². The summed E-state index contributed by atoms with van der Waals surface area (Å²) in [5, 5.41) is 5.91. The highest BCUT2D eigenvalue weighted by molar-refractivity contribution is 6.30. The summed E-state index contributed by atoms with van der Waals surface area (Å²) >= 11 is 5.80. The number of fused-ring (bicyclic) bond motifs is 1. The molecular weight excluding hydrogens is 344 g/mol. The van der Waals surface area contributed by atoms with Crippen LogP contribution in [0.25, 0.3) is 0 Å². The minimum Gasteiger partial charge on any atom is -0.486 e. The van der Waals surface area contributed by atoms with Crippen LogP contribution in [0.15, 0.2) is 42.5 Å². The summed E-state index contributed by atoms with van der Waals surface area (Å²) < 4.78 is 10.9. The van der Waals surface area contributed by atoms with Crippen LogP contribution < -0.4 is 20.1 Å². The molecule has 0 bridgehead atoms. The zero-order chi connectivity index (χ0) is 17.6. The monoisotopic (exact) mass is 360 g/mol. The Kier molecular flexibility index (Phi) is 5.40. The molecule has 7 heteroatoms. The Morgan fingerprint density at radius 1 is 0.960 bits per heavy atom. The Balaban J connectivity index is 1.47. The Hall–Kier alpha value is -2.73. The molecule has 2 aromatic carbocycles. The third-order valence-corrected chi connectivity index (χ3v) is 3.80. The van der Waals surface area contributed by atoms with Gasteiger partial charge >= 0.3 is 0 Å². The van der Waals surface area contributed by atoms with Gasteiger partial charge in [0, 0.05) is 16.8 Å². The highest BCUT2D eigenvalue weighted by Gasteiger charge is 2.13. The molecule has 0 atom stereocenters. The highest BCUT2D eigenvalue weighted by Crippen LogP contribution is 2.32.